The highest BCUT2D eigenvalue weighted by Crippen LogP contribution is 2.25. The molecule has 1 aromatic rings. The summed E-state index contributed by atoms with van der Waals surface area (Å²) < 4.78 is 28.7. The van der Waals surface area contributed by atoms with Crippen molar-refractivity contribution in [1.82, 2.24) is 0 Å². The van der Waals surface area contributed by atoms with Crippen LogP contribution >= 0.6 is 0 Å². The molecule has 0 unspecified atom stereocenters. The number of carbonyl (C=O) groups is 2. The molecule has 0 spiro atoms. The molecule has 0 atom stereocenters. The minimum absolute atomic E-state index is 0.00651. The van der Waals surface area contributed by atoms with Gasteiger partial charge in [-0.25, -0.2) is 13.2 Å². The van der Waals surface area contributed by atoms with E-state index < -0.39 is 27.5 Å². The Kier molecular flexibility index (Phi) is 7.02. The van der Waals surface area contributed by atoms with E-state index in [-0.39, 0.29) is 22.8 Å². The number of hydrogen-bond acceptors (Lipinski definition) is 5. The molecule has 1 rings (SSSR count). The third-order valence-corrected chi connectivity index (χ3v) is 4.75. The van der Waals surface area contributed by atoms with Gasteiger partial charge in [-0.15, -0.1) is 0 Å². The Hall–Kier alpha value is -2.09. The van der Waals surface area contributed by atoms with E-state index in [9.17, 15) is 18.0 Å². The number of rotatable bonds is 9. The molecule has 128 valence electrons. The summed E-state index contributed by atoms with van der Waals surface area (Å²) in [6.07, 6.45) is 2.23. The summed E-state index contributed by atoms with van der Waals surface area (Å²) in [5.41, 5.74) is 0.235. The minimum Gasteiger partial charge on any atom is -0.495 e. The number of methoxy groups -OCH3 is 1. The van der Waals surface area contributed by atoms with Gasteiger partial charge in [-0.2, -0.15) is 0 Å². The van der Waals surface area contributed by atoms with Crippen LogP contribution < -0.4 is 10.1 Å². The van der Waals surface area contributed by atoms with Crippen LogP contribution in [0.4, 0.5) is 5.69 Å². The molecule has 0 heterocycles. The Morgan fingerprint density at radius 2 is 1.96 bits per heavy atom. The average Bonchev–Trinajstić information content (AvgIpc) is 2.46. The lowest BCUT2D eigenvalue weighted by molar-refractivity contribution is -0.113. The van der Waals surface area contributed by atoms with Crippen molar-refractivity contribution in [2.75, 3.05) is 23.9 Å². The first kappa shape index (κ1) is 19.0. The van der Waals surface area contributed by atoms with Crippen LogP contribution in [0.2, 0.25) is 0 Å². The second kappa shape index (κ2) is 8.52. The van der Waals surface area contributed by atoms with E-state index in [0.717, 1.165) is 12.8 Å². The standard InChI is InChI=1S/C15H21NO6S/c1-3-4-5-8-23(20,21)10-14(17)16-12-7-6-11(15(18)19)9-13(12)22-2/h6-7,9H,3-5,8,10H2,1-2H3,(H,16,17)(H,18,19). The van der Waals surface area contributed by atoms with Crippen molar-refractivity contribution >= 4 is 27.4 Å². The molecule has 0 radical (unpaired) electrons. The van der Waals surface area contributed by atoms with Crippen LogP contribution in [0.3, 0.4) is 0 Å². The van der Waals surface area contributed by atoms with Gasteiger partial charge < -0.3 is 15.2 Å². The predicted octanol–water partition coefficient (Wildman–Crippen LogP) is 1.94. The SMILES string of the molecule is CCCCCS(=O)(=O)CC(=O)Nc1ccc(C(=O)O)cc1OC. The van der Waals surface area contributed by atoms with Gasteiger partial charge in [-0.1, -0.05) is 19.8 Å². The summed E-state index contributed by atoms with van der Waals surface area (Å²) in [5, 5.41) is 11.3. The number of unbranched alkanes of at least 4 members (excludes halogenated alkanes) is 2. The first-order chi connectivity index (χ1) is 10.8. The van der Waals surface area contributed by atoms with Gasteiger partial charge in [0.2, 0.25) is 5.91 Å². The van der Waals surface area contributed by atoms with E-state index in [0.29, 0.717) is 6.42 Å². The summed E-state index contributed by atoms with van der Waals surface area (Å²) >= 11 is 0. The maximum Gasteiger partial charge on any atom is 0.335 e. The number of aromatic carboxylic acids is 1. The molecule has 8 heteroatoms. The Morgan fingerprint density at radius 3 is 2.52 bits per heavy atom. The van der Waals surface area contributed by atoms with Crippen LogP contribution in [0.15, 0.2) is 18.2 Å². The van der Waals surface area contributed by atoms with Crippen molar-refractivity contribution in [3.05, 3.63) is 23.8 Å². The van der Waals surface area contributed by atoms with Crippen LogP contribution in [0, 0.1) is 0 Å². The quantitative estimate of drug-likeness (QED) is 0.663. The number of amides is 1. The monoisotopic (exact) mass is 343 g/mol. The number of benzene rings is 1. The molecule has 0 aliphatic heterocycles. The normalized spacial score (nSPS) is 11.0. The molecule has 0 saturated carbocycles. The molecule has 0 fully saturated rings. The van der Waals surface area contributed by atoms with Gasteiger partial charge in [0.1, 0.15) is 11.5 Å². The van der Waals surface area contributed by atoms with Crippen molar-refractivity contribution in [2.45, 2.75) is 26.2 Å². The third-order valence-electron chi connectivity index (χ3n) is 3.13. The number of carboxylic acids is 1. The molecule has 0 aliphatic carbocycles. The second-order valence-electron chi connectivity index (χ2n) is 5.07. The highest BCUT2D eigenvalue weighted by molar-refractivity contribution is 7.92. The summed E-state index contributed by atoms with van der Waals surface area (Å²) in [7, 11) is -2.13. The molecular weight excluding hydrogens is 322 g/mol. The van der Waals surface area contributed by atoms with Gasteiger partial charge in [0.05, 0.1) is 24.1 Å². The van der Waals surface area contributed by atoms with Gasteiger partial charge in [-0.05, 0) is 24.6 Å². The fourth-order valence-electron chi connectivity index (χ4n) is 1.96. The van der Waals surface area contributed by atoms with Gasteiger partial charge in [0.25, 0.3) is 0 Å². The zero-order valence-electron chi connectivity index (χ0n) is 13.2. The highest BCUT2D eigenvalue weighted by Gasteiger charge is 2.18. The van der Waals surface area contributed by atoms with Gasteiger partial charge in [0, 0.05) is 0 Å². The van der Waals surface area contributed by atoms with Gasteiger partial charge >= 0.3 is 5.97 Å². The van der Waals surface area contributed by atoms with Crippen molar-refractivity contribution in [2.24, 2.45) is 0 Å². The fraction of sp³-hybridized carbons (Fsp3) is 0.467. The van der Waals surface area contributed by atoms with Crippen molar-refractivity contribution < 1.29 is 27.9 Å². The molecule has 0 bridgehead atoms. The Labute approximate surface area is 135 Å². The molecule has 7 nitrogen and oxygen atoms in total. The van der Waals surface area contributed by atoms with Crippen LogP contribution in [-0.2, 0) is 14.6 Å². The topological polar surface area (TPSA) is 110 Å². The number of ether oxygens (including phenoxy) is 1. The summed E-state index contributed by atoms with van der Waals surface area (Å²) in [6, 6.07) is 3.92. The van der Waals surface area contributed by atoms with Gasteiger partial charge in [0.15, 0.2) is 9.84 Å². The molecule has 1 aromatic carbocycles. The molecule has 0 aromatic heterocycles. The van der Waals surface area contributed by atoms with E-state index >= 15 is 0 Å². The van der Waals surface area contributed by atoms with Crippen LogP contribution in [0.5, 0.6) is 5.75 Å². The first-order valence-corrected chi connectivity index (χ1v) is 9.02. The lowest BCUT2D eigenvalue weighted by Gasteiger charge is -2.11. The third kappa shape index (κ3) is 6.27. The smallest absolute Gasteiger partial charge is 0.335 e. The number of anilines is 1. The summed E-state index contributed by atoms with van der Waals surface area (Å²) in [4.78, 5) is 22.8. The van der Waals surface area contributed by atoms with Crippen LogP contribution in [0.1, 0.15) is 36.5 Å². The minimum atomic E-state index is -3.46. The maximum absolute atomic E-state index is 11.9. The van der Waals surface area contributed by atoms with Crippen molar-refractivity contribution in [1.29, 1.82) is 0 Å². The molecule has 0 saturated heterocycles. The van der Waals surface area contributed by atoms with Crippen molar-refractivity contribution in [3.8, 4) is 5.75 Å². The molecule has 1 amide bonds. The van der Waals surface area contributed by atoms with Crippen LogP contribution in [-0.4, -0.2) is 44.0 Å². The van der Waals surface area contributed by atoms with E-state index in [4.69, 9.17) is 9.84 Å². The number of nitrogens with one attached hydrogen (secondary N) is 1. The van der Waals surface area contributed by atoms with Crippen LogP contribution in [0.25, 0.3) is 0 Å². The first-order valence-electron chi connectivity index (χ1n) is 7.20. The number of carbonyl (C=O) groups excluding carboxylic acids is 1. The zero-order valence-corrected chi connectivity index (χ0v) is 14.0. The van der Waals surface area contributed by atoms with E-state index in [1.165, 1.54) is 25.3 Å². The molecule has 23 heavy (non-hydrogen) atoms. The molecular formula is C15H21NO6S. The van der Waals surface area contributed by atoms with E-state index in [2.05, 4.69) is 5.32 Å². The number of hydrogen-bond donors (Lipinski definition) is 2. The lowest BCUT2D eigenvalue weighted by Crippen LogP contribution is -2.25. The van der Waals surface area contributed by atoms with Crippen molar-refractivity contribution in [3.63, 3.8) is 0 Å². The molecule has 0 aliphatic rings. The predicted molar refractivity (Wildman–Crippen MR) is 86.8 cm³/mol. The second-order valence-corrected chi connectivity index (χ2v) is 7.25. The Bertz CT molecular complexity index is 669. The summed E-state index contributed by atoms with van der Waals surface area (Å²) in [5.74, 6) is -2.28. The fourth-order valence-corrected chi connectivity index (χ4v) is 3.22. The zero-order chi connectivity index (χ0) is 17.5. The molecule has 2 N–H and O–H groups in total. The van der Waals surface area contributed by atoms with E-state index in [1.54, 1.807) is 0 Å². The Balaban J connectivity index is 2.75. The van der Waals surface area contributed by atoms with Gasteiger partial charge in [-0.3, -0.25) is 4.79 Å². The maximum atomic E-state index is 11.9. The summed E-state index contributed by atoms with van der Waals surface area (Å²) in [6.45, 7) is 1.96. The largest absolute Gasteiger partial charge is 0.495 e. The number of carboxylic acid groups (broad SMARTS) is 1. The highest BCUT2D eigenvalue weighted by atomic mass is 32.2. The lowest BCUT2D eigenvalue weighted by atomic mass is 10.2. The number of sulfone groups is 1. The Morgan fingerprint density at radius 1 is 1.26 bits per heavy atom. The van der Waals surface area contributed by atoms with E-state index in [1.807, 2.05) is 6.92 Å². The average molecular weight is 343 g/mol.